The summed E-state index contributed by atoms with van der Waals surface area (Å²) in [6.45, 7) is 3.03. The Kier molecular flexibility index (Phi) is 5.62. The molecule has 3 aliphatic rings. The third-order valence-corrected chi connectivity index (χ3v) is 7.70. The SMILES string of the molecule is Cc1ccccc1[C@@H]1CCCN1C(=O)CCCC[C@@H]1SC[C@@H]2NC(=O)N[C@@H]21. The summed E-state index contributed by atoms with van der Waals surface area (Å²) >= 11 is 1.95. The first-order valence-electron chi connectivity index (χ1n) is 10.2. The second-order valence-electron chi connectivity index (χ2n) is 7.97. The van der Waals surface area contributed by atoms with Gasteiger partial charge in [-0.3, -0.25) is 4.79 Å². The van der Waals surface area contributed by atoms with Gasteiger partial charge in [-0.2, -0.15) is 11.8 Å². The van der Waals surface area contributed by atoms with E-state index >= 15 is 0 Å². The van der Waals surface area contributed by atoms with Crippen LogP contribution in [0.15, 0.2) is 24.3 Å². The van der Waals surface area contributed by atoms with Gasteiger partial charge in [-0.05, 0) is 43.7 Å². The minimum Gasteiger partial charge on any atom is -0.336 e. The molecule has 4 rings (SSSR count). The predicted octanol–water partition coefficient (Wildman–Crippen LogP) is 3.38. The van der Waals surface area contributed by atoms with Gasteiger partial charge in [-0.25, -0.2) is 4.79 Å². The lowest BCUT2D eigenvalue weighted by Gasteiger charge is -2.26. The molecule has 1 aromatic carbocycles. The standard InChI is InChI=1S/C21H29N3O2S/c1-14-7-2-3-8-15(14)17-9-6-12-24(17)19(25)11-5-4-10-18-20-16(13-27-18)22-21(26)23-20/h2-3,7-8,16-18,20H,4-6,9-13H2,1H3,(H2,22,23,26)/t16-,17-,18-,20-/m0/s1. The number of hydrogen-bond donors (Lipinski definition) is 2. The molecule has 146 valence electrons. The molecule has 3 heterocycles. The van der Waals surface area contributed by atoms with Crippen molar-refractivity contribution in [1.82, 2.24) is 15.5 Å². The zero-order valence-electron chi connectivity index (χ0n) is 15.9. The molecular formula is C21H29N3O2S. The summed E-state index contributed by atoms with van der Waals surface area (Å²) in [6.07, 6.45) is 5.86. The van der Waals surface area contributed by atoms with E-state index in [1.807, 2.05) is 11.8 Å². The highest BCUT2D eigenvalue weighted by atomic mass is 32.2. The van der Waals surface area contributed by atoms with E-state index in [0.717, 1.165) is 44.4 Å². The number of fused-ring (bicyclic) bond motifs is 1. The van der Waals surface area contributed by atoms with Crippen molar-refractivity contribution >= 4 is 23.7 Å². The predicted molar refractivity (Wildman–Crippen MR) is 109 cm³/mol. The van der Waals surface area contributed by atoms with E-state index < -0.39 is 0 Å². The molecule has 1 aromatic rings. The minimum atomic E-state index is -0.0261. The molecule has 3 fully saturated rings. The number of thioether (sulfide) groups is 1. The Morgan fingerprint density at radius 3 is 2.96 bits per heavy atom. The molecule has 6 heteroatoms. The number of rotatable bonds is 6. The number of nitrogens with one attached hydrogen (secondary N) is 2. The molecule has 0 spiro atoms. The lowest BCUT2D eigenvalue weighted by Crippen LogP contribution is -2.36. The van der Waals surface area contributed by atoms with Crippen LogP contribution in [0.4, 0.5) is 4.79 Å². The lowest BCUT2D eigenvalue weighted by molar-refractivity contribution is -0.132. The first-order chi connectivity index (χ1) is 13.1. The van der Waals surface area contributed by atoms with Gasteiger partial charge < -0.3 is 15.5 Å². The van der Waals surface area contributed by atoms with Crippen LogP contribution in [0.3, 0.4) is 0 Å². The molecule has 5 nitrogen and oxygen atoms in total. The Morgan fingerprint density at radius 2 is 2.11 bits per heavy atom. The van der Waals surface area contributed by atoms with Crippen LogP contribution in [0.5, 0.6) is 0 Å². The maximum atomic E-state index is 12.8. The van der Waals surface area contributed by atoms with Crippen LogP contribution >= 0.6 is 11.8 Å². The molecule has 27 heavy (non-hydrogen) atoms. The van der Waals surface area contributed by atoms with Gasteiger partial charge in [0.05, 0.1) is 18.1 Å². The van der Waals surface area contributed by atoms with Crippen molar-refractivity contribution in [2.24, 2.45) is 0 Å². The minimum absolute atomic E-state index is 0.0261. The topological polar surface area (TPSA) is 61.4 Å². The van der Waals surface area contributed by atoms with Gasteiger partial charge in [-0.15, -0.1) is 0 Å². The Labute approximate surface area is 165 Å². The van der Waals surface area contributed by atoms with Crippen LogP contribution in [-0.2, 0) is 4.79 Å². The Morgan fingerprint density at radius 1 is 1.26 bits per heavy atom. The largest absolute Gasteiger partial charge is 0.336 e. The highest BCUT2D eigenvalue weighted by Crippen LogP contribution is 2.35. The number of amides is 3. The van der Waals surface area contributed by atoms with Gasteiger partial charge in [0.1, 0.15) is 0 Å². The van der Waals surface area contributed by atoms with Crippen molar-refractivity contribution in [2.75, 3.05) is 12.3 Å². The number of carbonyl (C=O) groups is 2. The molecule has 3 aliphatic heterocycles. The highest BCUT2D eigenvalue weighted by molar-refractivity contribution is 8.00. The van der Waals surface area contributed by atoms with E-state index in [4.69, 9.17) is 0 Å². The number of unbranched alkanes of at least 4 members (excludes halogenated alkanes) is 1. The van der Waals surface area contributed by atoms with Crippen LogP contribution < -0.4 is 10.6 Å². The summed E-state index contributed by atoms with van der Waals surface area (Å²) in [5.41, 5.74) is 2.59. The number of aryl methyl sites for hydroxylation is 1. The second kappa shape index (κ2) is 8.13. The van der Waals surface area contributed by atoms with E-state index in [1.54, 1.807) is 0 Å². The molecular weight excluding hydrogens is 358 g/mol. The van der Waals surface area contributed by atoms with Crippen molar-refractivity contribution in [2.45, 2.75) is 68.8 Å². The molecule has 3 saturated heterocycles. The van der Waals surface area contributed by atoms with Crippen LogP contribution in [0.1, 0.15) is 55.7 Å². The van der Waals surface area contributed by atoms with Crippen LogP contribution in [0.25, 0.3) is 0 Å². The van der Waals surface area contributed by atoms with Gasteiger partial charge in [-0.1, -0.05) is 30.7 Å². The molecule has 0 saturated carbocycles. The molecule has 2 N–H and O–H groups in total. The zero-order valence-corrected chi connectivity index (χ0v) is 16.8. The summed E-state index contributed by atoms with van der Waals surface area (Å²) in [5, 5.41) is 6.51. The average Bonchev–Trinajstić information content (AvgIpc) is 3.35. The molecule has 0 aliphatic carbocycles. The molecule has 4 atom stereocenters. The van der Waals surface area contributed by atoms with Crippen molar-refractivity contribution in [3.8, 4) is 0 Å². The fourth-order valence-electron chi connectivity index (χ4n) is 4.76. The van der Waals surface area contributed by atoms with Crippen LogP contribution in [-0.4, -0.2) is 46.5 Å². The fourth-order valence-corrected chi connectivity index (χ4v) is 6.30. The van der Waals surface area contributed by atoms with Crippen LogP contribution in [0, 0.1) is 6.92 Å². The summed E-state index contributed by atoms with van der Waals surface area (Å²) in [4.78, 5) is 26.4. The lowest BCUT2D eigenvalue weighted by atomic mass is 9.99. The van der Waals surface area contributed by atoms with Crippen molar-refractivity contribution in [1.29, 1.82) is 0 Å². The summed E-state index contributed by atoms with van der Waals surface area (Å²) < 4.78 is 0. The van der Waals surface area contributed by atoms with Gasteiger partial charge in [0, 0.05) is 24.0 Å². The Hall–Kier alpha value is -1.69. The number of nitrogens with zero attached hydrogens (tertiary/aromatic N) is 1. The zero-order chi connectivity index (χ0) is 18.8. The molecule has 0 radical (unpaired) electrons. The van der Waals surface area contributed by atoms with Gasteiger partial charge in [0.2, 0.25) is 5.91 Å². The molecule has 0 aromatic heterocycles. The maximum Gasteiger partial charge on any atom is 0.315 e. The van der Waals surface area contributed by atoms with E-state index in [-0.39, 0.29) is 24.2 Å². The highest BCUT2D eigenvalue weighted by Gasteiger charge is 2.42. The van der Waals surface area contributed by atoms with Crippen molar-refractivity contribution < 1.29 is 9.59 Å². The molecule has 0 bridgehead atoms. The maximum absolute atomic E-state index is 12.8. The monoisotopic (exact) mass is 387 g/mol. The molecule has 3 amide bonds. The van der Waals surface area contributed by atoms with Gasteiger partial charge >= 0.3 is 6.03 Å². The Balaban J connectivity index is 1.25. The number of urea groups is 1. The Bertz CT molecular complexity index is 710. The number of benzene rings is 1. The van der Waals surface area contributed by atoms with Crippen LogP contribution in [0.2, 0.25) is 0 Å². The number of hydrogen-bond acceptors (Lipinski definition) is 3. The van der Waals surface area contributed by atoms with Crippen molar-refractivity contribution in [3.05, 3.63) is 35.4 Å². The average molecular weight is 388 g/mol. The number of carbonyl (C=O) groups excluding carboxylic acids is 2. The normalized spacial score (nSPS) is 29.5. The first kappa shape index (κ1) is 18.7. The second-order valence-corrected chi connectivity index (χ2v) is 9.24. The van der Waals surface area contributed by atoms with Crippen molar-refractivity contribution in [3.63, 3.8) is 0 Å². The summed E-state index contributed by atoms with van der Waals surface area (Å²) in [6, 6.07) is 9.23. The number of likely N-dealkylation sites (tertiary alicyclic amines) is 1. The summed E-state index contributed by atoms with van der Waals surface area (Å²) in [7, 11) is 0. The summed E-state index contributed by atoms with van der Waals surface area (Å²) in [5.74, 6) is 1.30. The smallest absolute Gasteiger partial charge is 0.315 e. The fraction of sp³-hybridized carbons (Fsp3) is 0.619. The first-order valence-corrected chi connectivity index (χ1v) is 11.2. The van der Waals surface area contributed by atoms with E-state index in [9.17, 15) is 9.59 Å². The molecule has 0 unspecified atom stereocenters. The van der Waals surface area contributed by atoms with E-state index in [2.05, 4.69) is 46.7 Å². The van der Waals surface area contributed by atoms with Gasteiger partial charge in [0.25, 0.3) is 0 Å². The third-order valence-electron chi connectivity index (χ3n) is 6.19. The quantitative estimate of drug-likeness (QED) is 0.581. The van der Waals surface area contributed by atoms with E-state index in [0.29, 0.717) is 17.6 Å². The third kappa shape index (κ3) is 3.96. The van der Waals surface area contributed by atoms with E-state index in [1.165, 1.54) is 11.1 Å². The van der Waals surface area contributed by atoms with Gasteiger partial charge in [0.15, 0.2) is 0 Å².